The van der Waals surface area contributed by atoms with Crippen molar-refractivity contribution in [1.82, 2.24) is 25.2 Å². The Kier molecular flexibility index (Phi) is 9.57. The summed E-state index contributed by atoms with van der Waals surface area (Å²) in [4.78, 5) is 6.43. The van der Waals surface area contributed by atoms with Crippen LogP contribution in [0.2, 0.25) is 0 Å². The number of benzene rings is 1. The summed E-state index contributed by atoms with van der Waals surface area (Å²) in [5.74, 6) is -0.407. The van der Waals surface area contributed by atoms with Gasteiger partial charge in [0.2, 0.25) is 0 Å². The predicted octanol–water partition coefficient (Wildman–Crippen LogP) is 6.88. The molecule has 1 aliphatic carbocycles. The van der Waals surface area contributed by atoms with Crippen LogP contribution in [0.15, 0.2) is 30.5 Å². The van der Waals surface area contributed by atoms with E-state index in [0.29, 0.717) is 24.2 Å². The summed E-state index contributed by atoms with van der Waals surface area (Å²) in [7, 11) is 1.39. The largest absolute Gasteiger partial charge is 0.417 e. The molecule has 1 aliphatic rings. The molecule has 2 heterocycles. The molecule has 236 valence electrons. The first kappa shape index (κ1) is 32.5. The van der Waals surface area contributed by atoms with Gasteiger partial charge in [0.1, 0.15) is 0 Å². The predicted molar refractivity (Wildman–Crippen MR) is 137 cm³/mol. The van der Waals surface area contributed by atoms with E-state index in [0.717, 1.165) is 49.2 Å². The molecule has 0 spiro atoms. The third-order valence-corrected chi connectivity index (χ3v) is 7.54. The van der Waals surface area contributed by atoms with Crippen molar-refractivity contribution < 1.29 is 39.5 Å². The average molecular weight is 624 g/mol. The van der Waals surface area contributed by atoms with Gasteiger partial charge in [0.15, 0.2) is 0 Å². The minimum atomic E-state index is -5.08. The Labute approximate surface area is 241 Å². The number of hydrogen-bond donors (Lipinski definition) is 1. The maximum Gasteiger partial charge on any atom is 0.417 e. The molecule has 1 unspecified atom stereocenters. The molecule has 0 aliphatic heterocycles. The van der Waals surface area contributed by atoms with Crippen LogP contribution in [-0.4, -0.2) is 31.7 Å². The van der Waals surface area contributed by atoms with E-state index >= 15 is 0 Å². The summed E-state index contributed by atoms with van der Waals surface area (Å²) in [5, 5.41) is 11.6. The third kappa shape index (κ3) is 8.15. The molecule has 7 nitrogen and oxygen atoms in total. The average Bonchev–Trinajstić information content (AvgIpc) is 3.36. The topological polar surface area (TPSA) is 85.8 Å². The van der Waals surface area contributed by atoms with E-state index in [9.17, 15) is 39.5 Å². The number of anilines is 1. The van der Waals surface area contributed by atoms with E-state index < -0.39 is 53.9 Å². The minimum Gasteiger partial charge on any atom is -0.330 e. The van der Waals surface area contributed by atoms with Gasteiger partial charge in [-0.25, -0.2) is 0 Å². The lowest BCUT2D eigenvalue weighted by Crippen LogP contribution is -2.28. The van der Waals surface area contributed by atoms with E-state index in [2.05, 4.69) is 20.4 Å². The number of nitrogens with two attached hydrogens (primary N) is 1. The fraction of sp³-hybridized carbons (Fsp3) is 0.556. The van der Waals surface area contributed by atoms with Crippen molar-refractivity contribution >= 4 is 5.95 Å². The molecule has 3 aromatic rings. The van der Waals surface area contributed by atoms with Crippen molar-refractivity contribution in [2.45, 2.75) is 76.1 Å². The van der Waals surface area contributed by atoms with Crippen molar-refractivity contribution in [2.24, 2.45) is 18.7 Å². The van der Waals surface area contributed by atoms with Crippen molar-refractivity contribution in [1.29, 1.82) is 0 Å². The highest BCUT2D eigenvalue weighted by Gasteiger charge is 2.38. The monoisotopic (exact) mass is 623 g/mol. The number of rotatable bonds is 9. The Bertz CT molecular complexity index is 1340. The number of nitrogens with zero attached hydrogens (tertiary/aromatic N) is 6. The van der Waals surface area contributed by atoms with Crippen molar-refractivity contribution in [2.75, 3.05) is 11.4 Å². The summed E-state index contributed by atoms with van der Waals surface area (Å²) in [5.41, 5.74) is 1.83. The number of hydrogen-bond acceptors (Lipinski definition) is 6. The Balaban J connectivity index is 1.82. The molecular formula is C27H30F9N7. The Morgan fingerprint density at radius 2 is 1.47 bits per heavy atom. The number of alkyl halides is 9. The maximum atomic E-state index is 13.8. The van der Waals surface area contributed by atoms with Gasteiger partial charge in [0.05, 0.1) is 23.7 Å². The first-order valence-corrected chi connectivity index (χ1v) is 13.6. The highest BCUT2D eigenvalue weighted by Crippen LogP contribution is 2.41. The second-order valence-corrected chi connectivity index (χ2v) is 10.7. The van der Waals surface area contributed by atoms with Gasteiger partial charge in [-0.2, -0.15) is 44.3 Å². The lowest BCUT2D eigenvalue weighted by molar-refractivity contribution is -0.143. The van der Waals surface area contributed by atoms with Crippen LogP contribution in [0, 0.1) is 5.92 Å². The first-order valence-electron chi connectivity index (χ1n) is 13.6. The van der Waals surface area contributed by atoms with Gasteiger partial charge < -0.3 is 10.6 Å². The standard InChI is InChI=1S/C27H30F9N7/c1-42-40-24(39-41-42)43(14-16-9-19(25(28,29)30)12-20(10-16)26(31,32)33)15-18-11-21(27(34,35)36)13-38-23(18)22(7-8-37)17-5-3-2-4-6-17/h9-13,17,22H,2-8,14-15,37H2,1H3. The fourth-order valence-electron chi connectivity index (χ4n) is 5.58. The van der Waals surface area contributed by atoms with E-state index in [1.165, 1.54) is 11.9 Å². The summed E-state index contributed by atoms with van der Waals surface area (Å²) in [6.45, 7) is -0.758. The fourth-order valence-corrected chi connectivity index (χ4v) is 5.58. The highest BCUT2D eigenvalue weighted by atomic mass is 19.4. The molecule has 43 heavy (non-hydrogen) atoms. The van der Waals surface area contributed by atoms with Crippen LogP contribution in [0.5, 0.6) is 0 Å². The summed E-state index contributed by atoms with van der Waals surface area (Å²) >= 11 is 0. The lowest BCUT2D eigenvalue weighted by atomic mass is 9.76. The molecule has 0 saturated heterocycles. The number of pyridine rings is 1. The summed E-state index contributed by atoms with van der Waals surface area (Å²) in [6, 6.07) is 2.03. The number of halogens is 9. The van der Waals surface area contributed by atoms with Crippen LogP contribution in [0.1, 0.15) is 78.0 Å². The van der Waals surface area contributed by atoms with Crippen LogP contribution in [0.4, 0.5) is 45.5 Å². The van der Waals surface area contributed by atoms with Crippen LogP contribution in [-0.2, 0) is 38.7 Å². The van der Waals surface area contributed by atoms with Crippen molar-refractivity contribution in [3.63, 3.8) is 0 Å². The second kappa shape index (κ2) is 12.7. The van der Waals surface area contributed by atoms with Gasteiger partial charge in [-0.15, -0.1) is 5.10 Å². The minimum absolute atomic E-state index is 0.00479. The zero-order valence-electron chi connectivity index (χ0n) is 23.1. The number of aromatic nitrogens is 5. The van der Waals surface area contributed by atoms with Crippen molar-refractivity contribution in [3.05, 3.63) is 64.0 Å². The number of tetrazole rings is 1. The van der Waals surface area contributed by atoms with E-state index in [-0.39, 0.29) is 36.0 Å². The van der Waals surface area contributed by atoms with Crippen molar-refractivity contribution in [3.8, 4) is 0 Å². The van der Waals surface area contributed by atoms with Crippen LogP contribution >= 0.6 is 0 Å². The van der Waals surface area contributed by atoms with Gasteiger partial charge in [0, 0.05) is 30.9 Å². The highest BCUT2D eigenvalue weighted by molar-refractivity contribution is 5.40. The quantitative estimate of drug-likeness (QED) is 0.262. The molecule has 1 aromatic carbocycles. The third-order valence-electron chi connectivity index (χ3n) is 7.54. The smallest absolute Gasteiger partial charge is 0.330 e. The zero-order valence-corrected chi connectivity index (χ0v) is 23.1. The zero-order chi connectivity index (χ0) is 31.6. The lowest BCUT2D eigenvalue weighted by Gasteiger charge is -2.32. The Morgan fingerprint density at radius 3 is 1.98 bits per heavy atom. The normalized spacial score (nSPS) is 16.0. The Morgan fingerprint density at radius 1 is 0.860 bits per heavy atom. The van der Waals surface area contributed by atoms with Gasteiger partial charge in [0.25, 0.3) is 5.95 Å². The molecule has 1 saturated carbocycles. The molecule has 0 bridgehead atoms. The first-order chi connectivity index (χ1) is 20.1. The molecule has 2 aromatic heterocycles. The molecule has 2 N–H and O–H groups in total. The van der Waals surface area contributed by atoms with Gasteiger partial charge in [-0.3, -0.25) is 4.98 Å². The molecule has 1 atom stereocenters. The maximum absolute atomic E-state index is 13.8. The summed E-state index contributed by atoms with van der Waals surface area (Å²) in [6.07, 6.45) is -9.20. The molecule has 0 radical (unpaired) electrons. The number of aryl methyl sites for hydroxylation is 1. The summed E-state index contributed by atoms with van der Waals surface area (Å²) < 4.78 is 123. The molecule has 1 fully saturated rings. The molecule has 16 heteroatoms. The Hall–Kier alpha value is -3.43. The molecular weight excluding hydrogens is 593 g/mol. The van der Waals surface area contributed by atoms with Crippen LogP contribution in [0.3, 0.4) is 0 Å². The second-order valence-electron chi connectivity index (χ2n) is 10.7. The SMILES string of the molecule is Cn1nnc(N(Cc2cc(C(F)(F)F)cc(C(F)(F)F)c2)Cc2cc(C(F)(F)F)cnc2C(CCN)C2CCCCC2)n1. The molecule has 0 amide bonds. The van der Waals surface area contributed by atoms with Gasteiger partial charge in [-0.05, 0) is 72.3 Å². The molecule has 4 rings (SSSR count). The van der Waals surface area contributed by atoms with Crippen LogP contribution in [0.25, 0.3) is 0 Å². The van der Waals surface area contributed by atoms with Gasteiger partial charge >= 0.3 is 18.5 Å². The van der Waals surface area contributed by atoms with Crippen LogP contribution < -0.4 is 10.6 Å². The van der Waals surface area contributed by atoms with Gasteiger partial charge in [-0.1, -0.05) is 24.4 Å². The van der Waals surface area contributed by atoms with E-state index in [1.54, 1.807) is 0 Å². The van der Waals surface area contributed by atoms with E-state index in [1.807, 2.05) is 0 Å². The van der Waals surface area contributed by atoms with E-state index in [4.69, 9.17) is 5.73 Å².